The third kappa shape index (κ3) is 3.24. The number of nitrogen functional groups attached to an aromatic ring is 1. The van der Waals surface area contributed by atoms with Crippen LogP contribution in [0.3, 0.4) is 0 Å². The van der Waals surface area contributed by atoms with Crippen molar-refractivity contribution >= 4 is 52.1 Å². The van der Waals surface area contributed by atoms with Crippen LogP contribution in [0.5, 0.6) is 5.75 Å². The van der Waals surface area contributed by atoms with Crippen molar-refractivity contribution in [3.05, 3.63) is 24.5 Å². The average molecular weight is 371 g/mol. The summed E-state index contributed by atoms with van der Waals surface area (Å²) in [5, 5.41) is 6.02. The number of carbonyl (C=O) groups excluding carboxylic acids is 2. The molecule has 132 valence electrons. The number of anilines is 3. The molecule has 0 spiro atoms. The largest absolute Gasteiger partial charge is 0.482 e. The Morgan fingerprint density at radius 1 is 1.38 bits per heavy atom. The second-order valence-electron chi connectivity index (χ2n) is 5.37. The van der Waals surface area contributed by atoms with Crippen molar-refractivity contribution in [1.82, 2.24) is 19.9 Å². The first-order chi connectivity index (χ1) is 12.6. The standard InChI is InChI=1S/C15H13N7O3S/c16-15-21-13-12(17-6-18-13)14(22-15)26-5-11(24)19-7-1-2-8-9(3-7)25-4-10(23)20-8/h1-3,6H,4-5H2,(H,19,24)(H,20,23)(H3,16,17,18,21,22). The van der Waals surface area contributed by atoms with E-state index < -0.39 is 0 Å². The van der Waals surface area contributed by atoms with E-state index in [4.69, 9.17) is 10.5 Å². The highest BCUT2D eigenvalue weighted by atomic mass is 32.2. The fourth-order valence-electron chi connectivity index (χ4n) is 2.41. The second kappa shape index (κ2) is 6.52. The molecule has 0 fully saturated rings. The molecule has 2 aromatic heterocycles. The van der Waals surface area contributed by atoms with E-state index in [9.17, 15) is 9.59 Å². The Hall–Kier alpha value is -3.34. The monoisotopic (exact) mass is 371 g/mol. The molecule has 0 saturated heterocycles. The van der Waals surface area contributed by atoms with Crippen LogP contribution in [0.2, 0.25) is 0 Å². The van der Waals surface area contributed by atoms with Gasteiger partial charge in [-0.2, -0.15) is 4.98 Å². The minimum Gasteiger partial charge on any atom is -0.482 e. The van der Waals surface area contributed by atoms with E-state index >= 15 is 0 Å². The first kappa shape index (κ1) is 16.1. The maximum atomic E-state index is 12.2. The molecule has 1 aliphatic rings. The summed E-state index contributed by atoms with van der Waals surface area (Å²) in [6.07, 6.45) is 1.49. The smallest absolute Gasteiger partial charge is 0.262 e. The summed E-state index contributed by atoms with van der Waals surface area (Å²) < 4.78 is 5.33. The van der Waals surface area contributed by atoms with Crippen LogP contribution in [-0.2, 0) is 9.59 Å². The van der Waals surface area contributed by atoms with Gasteiger partial charge in [-0.3, -0.25) is 9.59 Å². The zero-order valence-corrected chi connectivity index (χ0v) is 14.1. The van der Waals surface area contributed by atoms with Crippen molar-refractivity contribution in [1.29, 1.82) is 0 Å². The van der Waals surface area contributed by atoms with E-state index in [1.54, 1.807) is 18.2 Å². The van der Waals surface area contributed by atoms with Crippen molar-refractivity contribution in [2.45, 2.75) is 5.03 Å². The van der Waals surface area contributed by atoms with Crippen molar-refractivity contribution in [2.24, 2.45) is 0 Å². The first-order valence-electron chi connectivity index (χ1n) is 7.54. The predicted octanol–water partition coefficient (Wildman–Crippen LogP) is 0.997. The number of H-pyrrole nitrogens is 1. The third-order valence-corrected chi connectivity index (χ3v) is 4.48. The van der Waals surface area contributed by atoms with E-state index in [0.717, 1.165) is 0 Å². The van der Waals surface area contributed by atoms with Gasteiger partial charge in [0.2, 0.25) is 11.9 Å². The number of hydrogen-bond acceptors (Lipinski definition) is 8. The van der Waals surface area contributed by atoms with Gasteiger partial charge in [0, 0.05) is 11.8 Å². The Labute approximate surface area is 150 Å². The number of aromatic amines is 1. The van der Waals surface area contributed by atoms with Crippen LogP contribution in [0.4, 0.5) is 17.3 Å². The molecule has 1 aliphatic heterocycles. The zero-order chi connectivity index (χ0) is 18.1. The molecule has 0 atom stereocenters. The predicted molar refractivity (Wildman–Crippen MR) is 96.0 cm³/mol. The molecular weight excluding hydrogens is 358 g/mol. The molecule has 0 aliphatic carbocycles. The number of nitrogens with two attached hydrogens (primary N) is 1. The third-order valence-electron chi connectivity index (χ3n) is 3.51. The lowest BCUT2D eigenvalue weighted by molar-refractivity contribution is -0.118. The molecule has 0 unspecified atom stereocenters. The number of thioether (sulfide) groups is 1. The van der Waals surface area contributed by atoms with Gasteiger partial charge in [-0.1, -0.05) is 11.8 Å². The summed E-state index contributed by atoms with van der Waals surface area (Å²) >= 11 is 1.22. The summed E-state index contributed by atoms with van der Waals surface area (Å²) in [5.41, 5.74) is 7.89. The summed E-state index contributed by atoms with van der Waals surface area (Å²) in [7, 11) is 0. The lowest BCUT2D eigenvalue weighted by atomic mass is 10.2. The van der Waals surface area contributed by atoms with Crippen LogP contribution in [0.15, 0.2) is 29.6 Å². The first-order valence-corrected chi connectivity index (χ1v) is 8.53. The number of ether oxygens (including phenoxy) is 1. The van der Waals surface area contributed by atoms with Gasteiger partial charge < -0.3 is 26.1 Å². The van der Waals surface area contributed by atoms with Gasteiger partial charge in [0.05, 0.1) is 17.8 Å². The molecule has 3 aromatic rings. The Morgan fingerprint density at radius 3 is 3.15 bits per heavy atom. The van der Waals surface area contributed by atoms with Crippen molar-refractivity contribution in [2.75, 3.05) is 28.7 Å². The van der Waals surface area contributed by atoms with E-state index in [1.165, 1.54) is 18.1 Å². The van der Waals surface area contributed by atoms with Gasteiger partial charge in [-0.15, -0.1) is 0 Å². The highest BCUT2D eigenvalue weighted by molar-refractivity contribution is 8.00. The van der Waals surface area contributed by atoms with Crippen LogP contribution in [0, 0.1) is 0 Å². The van der Waals surface area contributed by atoms with Crippen LogP contribution in [-0.4, -0.2) is 44.1 Å². The summed E-state index contributed by atoms with van der Waals surface area (Å²) in [6, 6.07) is 5.02. The number of aromatic nitrogens is 4. The molecular formula is C15H13N7O3S. The van der Waals surface area contributed by atoms with E-state index in [1.807, 2.05) is 0 Å². The van der Waals surface area contributed by atoms with Crippen LogP contribution >= 0.6 is 11.8 Å². The molecule has 26 heavy (non-hydrogen) atoms. The zero-order valence-electron chi connectivity index (χ0n) is 13.3. The van der Waals surface area contributed by atoms with Crippen LogP contribution in [0.25, 0.3) is 11.2 Å². The fraction of sp³-hybridized carbons (Fsp3) is 0.133. The number of fused-ring (bicyclic) bond motifs is 2. The minimum atomic E-state index is -0.223. The molecule has 0 radical (unpaired) electrons. The minimum absolute atomic E-state index is 0.0461. The van der Waals surface area contributed by atoms with Gasteiger partial charge in [-0.05, 0) is 12.1 Å². The lowest BCUT2D eigenvalue weighted by Gasteiger charge is -2.18. The van der Waals surface area contributed by atoms with E-state index in [0.29, 0.717) is 33.3 Å². The summed E-state index contributed by atoms with van der Waals surface area (Å²) in [5.74, 6) is 0.304. The summed E-state index contributed by atoms with van der Waals surface area (Å²) in [6.45, 7) is -0.0461. The van der Waals surface area contributed by atoms with Gasteiger partial charge >= 0.3 is 0 Å². The maximum absolute atomic E-state index is 12.2. The molecule has 2 amide bonds. The number of nitrogens with zero attached hydrogens (tertiary/aromatic N) is 3. The van der Waals surface area contributed by atoms with Crippen molar-refractivity contribution in [3.63, 3.8) is 0 Å². The molecule has 11 heteroatoms. The Morgan fingerprint density at radius 2 is 2.27 bits per heavy atom. The number of nitrogens with one attached hydrogen (secondary N) is 3. The quantitative estimate of drug-likeness (QED) is 0.392. The van der Waals surface area contributed by atoms with Crippen LogP contribution < -0.4 is 21.1 Å². The Kier molecular flexibility index (Phi) is 4.05. The number of amides is 2. The van der Waals surface area contributed by atoms with Crippen molar-refractivity contribution < 1.29 is 14.3 Å². The Bertz CT molecular complexity index is 1020. The topological polar surface area (TPSA) is 148 Å². The maximum Gasteiger partial charge on any atom is 0.262 e. The molecule has 10 nitrogen and oxygen atoms in total. The van der Waals surface area contributed by atoms with E-state index in [-0.39, 0.29) is 30.1 Å². The average Bonchev–Trinajstić information content (AvgIpc) is 3.08. The molecule has 5 N–H and O–H groups in total. The van der Waals surface area contributed by atoms with Crippen LogP contribution in [0.1, 0.15) is 0 Å². The highest BCUT2D eigenvalue weighted by Gasteiger charge is 2.17. The van der Waals surface area contributed by atoms with E-state index in [2.05, 4.69) is 30.6 Å². The normalized spacial score (nSPS) is 13.0. The van der Waals surface area contributed by atoms with Gasteiger partial charge in [0.1, 0.15) is 16.3 Å². The number of rotatable bonds is 4. The lowest BCUT2D eigenvalue weighted by Crippen LogP contribution is -2.25. The van der Waals surface area contributed by atoms with Gasteiger partial charge in [0.15, 0.2) is 12.3 Å². The molecule has 4 rings (SSSR count). The fourth-order valence-corrected chi connectivity index (χ4v) is 3.20. The van der Waals surface area contributed by atoms with Crippen molar-refractivity contribution in [3.8, 4) is 5.75 Å². The highest BCUT2D eigenvalue weighted by Crippen LogP contribution is 2.31. The molecule has 0 saturated carbocycles. The Balaban J connectivity index is 1.43. The summed E-state index contributed by atoms with van der Waals surface area (Å²) in [4.78, 5) is 38.6. The number of hydrogen-bond donors (Lipinski definition) is 4. The number of benzene rings is 1. The number of imidazole rings is 1. The number of carbonyl (C=O) groups is 2. The molecule has 0 bridgehead atoms. The van der Waals surface area contributed by atoms with Gasteiger partial charge in [0.25, 0.3) is 5.91 Å². The second-order valence-corrected chi connectivity index (χ2v) is 6.34. The SMILES string of the molecule is Nc1nc(SCC(=O)Nc2ccc3c(c2)OCC(=O)N3)c2[nH]cnc2n1. The molecule has 3 heterocycles. The van der Waals surface area contributed by atoms with Gasteiger partial charge in [-0.25, -0.2) is 9.97 Å². The molecule has 1 aromatic carbocycles.